The van der Waals surface area contributed by atoms with Crippen LogP contribution < -0.4 is 10.6 Å². The van der Waals surface area contributed by atoms with Gasteiger partial charge in [0.25, 0.3) is 0 Å². The number of ether oxygens (including phenoxy) is 1. The van der Waals surface area contributed by atoms with Gasteiger partial charge in [0, 0.05) is 30.4 Å². The van der Waals surface area contributed by atoms with Crippen molar-refractivity contribution in [2.45, 2.75) is 103 Å². The average Bonchev–Trinajstić information content (AvgIpc) is 2.93. The number of para-hydroxylation sites is 1. The molecule has 2 aliphatic heterocycles. The Morgan fingerprint density at radius 3 is 2.07 bits per heavy atom. The molecule has 2 fully saturated rings. The summed E-state index contributed by atoms with van der Waals surface area (Å²) in [4.78, 5) is 15.7. The fraction of sp³-hybridized carbons (Fsp3) is 0.486. The molecule has 2 amide bonds. The molecule has 3 N–H and O–H groups in total. The molecule has 3 aromatic rings. The van der Waals surface area contributed by atoms with Crippen LogP contribution in [0.1, 0.15) is 82.2 Å². The lowest BCUT2D eigenvalue weighted by Crippen LogP contribution is -2.60. The number of carbonyl (C=O) groups is 1. The summed E-state index contributed by atoms with van der Waals surface area (Å²) < 4.78 is 19.3. The van der Waals surface area contributed by atoms with E-state index in [1.165, 1.54) is 17.7 Å². The average molecular weight is 602 g/mol. The number of phenolic OH excluding ortho intramolecular Hbond substituents is 1. The summed E-state index contributed by atoms with van der Waals surface area (Å²) in [7, 11) is 0. The third-order valence-electron chi connectivity index (χ3n) is 9.02. The van der Waals surface area contributed by atoms with Crippen molar-refractivity contribution < 1.29 is 19.0 Å². The maximum absolute atomic E-state index is 13.4. The molecule has 2 heterocycles. The molecule has 3 aromatic carbocycles. The smallest absolute Gasteiger partial charge is 0.319 e. The molecular formula is C37H48FN3O3. The number of hydrogen-bond acceptors (Lipinski definition) is 4. The number of aromatic hydroxyl groups is 1. The number of nitrogens with one attached hydrogen (secondary N) is 2. The van der Waals surface area contributed by atoms with E-state index in [0.717, 1.165) is 60.2 Å². The molecule has 3 atom stereocenters. The Hall–Kier alpha value is -3.42. The summed E-state index contributed by atoms with van der Waals surface area (Å²) in [5, 5.41) is 17.5. The minimum absolute atomic E-state index is 0.0502. The number of fused-ring (bicyclic) bond motifs is 2. The molecule has 2 bridgehead atoms. The molecule has 7 heteroatoms. The highest BCUT2D eigenvalue weighted by Crippen LogP contribution is 2.40. The molecule has 6 nitrogen and oxygen atoms in total. The molecule has 236 valence electrons. The van der Waals surface area contributed by atoms with E-state index in [9.17, 15) is 14.3 Å². The first-order valence-corrected chi connectivity index (χ1v) is 15.9. The van der Waals surface area contributed by atoms with Gasteiger partial charge in [0.05, 0.1) is 13.2 Å². The number of hydrogen-bond donors (Lipinski definition) is 3. The van der Waals surface area contributed by atoms with Crippen LogP contribution in [0.5, 0.6) is 5.75 Å². The first-order valence-electron chi connectivity index (χ1n) is 15.9. The maximum atomic E-state index is 13.4. The fourth-order valence-electron chi connectivity index (χ4n) is 6.63. The zero-order valence-electron chi connectivity index (χ0n) is 27.0. The molecular weight excluding hydrogens is 553 g/mol. The highest BCUT2D eigenvalue weighted by atomic mass is 19.1. The van der Waals surface area contributed by atoms with Crippen LogP contribution >= 0.6 is 0 Å². The van der Waals surface area contributed by atoms with Gasteiger partial charge in [0.1, 0.15) is 11.6 Å². The van der Waals surface area contributed by atoms with Crippen LogP contribution in [0.4, 0.5) is 14.9 Å². The van der Waals surface area contributed by atoms with E-state index in [0.29, 0.717) is 19.0 Å². The van der Waals surface area contributed by atoms with E-state index in [2.05, 4.69) is 75.3 Å². The number of urea groups is 1. The Morgan fingerprint density at radius 2 is 1.48 bits per heavy atom. The number of halogens is 1. The Bertz CT molecular complexity index is 1410. The van der Waals surface area contributed by atoms with Crippen LogP contribution in [-0.2, 0) is 35.0 Å². The SMILES string of the molecule is CC(C)(C)c1cc(CCc2ccccc2NC(=O)N[C@H]2C[C@H]3COC[C@@H](C2)N3Cc2ccc(F)cc2)cc(C(C)(C)C)c1O. The predicted molar refractivity (Wildman–Crippen MR) is 175 cm³/mol. The van der Waals surface area contributed by atoms with Crippen LogP contribution in [0.2, 0.25) is 0 Å². The van der Waals surface area contributed by atoms with Crippen LogP contribution in [-0.4, -0.2) is 47.4 Å². The monoisotopic (exact) mass is 601 g/mol. The van der Waals surface area contributed by atoms with Gasteiger partial charge in [-0.1, -0.05) is 84.0 Å². The first kappa shape index (κ1) is 32.0. The van der Waals surface area contributed by atoms with E-state index in [1.54, 1.807) is 0 Å². The summed E-state index contributed by atoms with van der Waals surface area (Å²) >= 11 is 0. The number of phenols is 1. The quantitative estimate of drug-likeness (QED) is 0.263. The number of morpholine rings is 1. The second-order valence-corrected chi connectivity index (χ2v) is 14.6. The van der Waals surface area contributed by atoms with E-state index in [-0.39, 0.29) is 40.8 Å². The lowest BCUT2D eigenvalue weighted by Gasteiger charge is -2.48. The summed E-state index contributed by atoms with van der Waals surface area (Å²) in [5.74, 6) is 0.168. The summed E-state index contributed by atoms with van der Waals surface area (Å²) in [5.41, 5.74) is 5.71. The normalized spacial score (nSPS) is 20.8. The van der Waals surface area contributed by atoms with Gasteiger partial charge < -0.3 is 20.5 Å². The Labute approximate surface area is 262 Å². The lowest BCUT2D eigenvalue weighted by atomic mass is 9.78. The van der Waals surface area contributed by atoms with Crippen LogP contribution in [0, 0.1) is 5.82 Å². The molecule has 0 saturated carbocycles. The first-order chi connectivity index (χ1) is 20.8. The molecule has 0 aliphatic carbocycles. The van der Waals surface area contributed by atoms with Crippen LogP contribution in [0.25, 0.3) is 0 Å². The summed E-state index contributed by atoms with van der Waals surface area (Å²) in [6, 6.07) is 19.2. The largest absolute Gasteiger partial charge is 0.507 e. The Kier molecular flexibility index (Phi) is 9.38. The summed E-state index contributed by atoms with van der Waals surface area (Å²) in [6.45, 7) is 14.8. The number of aryl methyl sites for hydroxylation is 2. The number of anilines is 1. The third kappa shape index (κ3) is 7.62. The minimum Gasteiger partial charge on any atom is -0.507 e. The van der Waals surface area contributed by atoms with Gasteiger partial charge in [-0.2, -0.15) is 0 Å². The van der Waals surface area contributed by atoms with Crippen molar-refractivity contribution in [2.75, 3.05) is 18.5 Å². The lowest BCUT2D eigenvalue weighted by molar-refractivity contribution is -0.0839. The van der Waals surface area contributed by atoms with Crippen molar-refractivity contribution in [1.29, 1.82) is 0 Å². The van der Waals surface area contributed by atoms with Gasteiger partial charge in [0.15, 0.2) is 0 Å². The number of nitrogens with zero attached hydrogens (tertiary/aromatic N) is 1. The zero-order valence-corrected chi connectivity index (χ0v) is 27.0. The van der Waals surface area contributed by atoms with E-state index in [1.807, 2.05) is 30.3 Å². The molecule has 0 unspecified atom stereocenters. The van der Waals surface area contributed by atoms with Gasteiger partial charge in [-0.05, 0) is 82.5 Å². The molecule has 2 aliphatic rings. The van der Waals surface area contributed by atoms with Crippen molar-refractivity contribution in [3.63, 3.8) is 0 Å². The second-order valence-electron chi connectivity index (χ2n) is 14.6. The molecule has 0 radical (unpaired) electrons. The minimum atomic E-state index is -0.225. The van der Waals surface area contributed by atoms with E-state index >= 15 is 0 Å². The molecule has 2 saturated heterocycles. The van der Waals surface area contributed by atoms with Crippen LogP contribution in [0.15, 0.2) is 60.7 Å². The van der Waals surface area contributed by atoms with E-state index in [4.69, 9.17) is 4.74 Å². The van der Waals surface area contributed by atoms with Crippen molar-refractivity contribution >= 4 is 11.7 Å². The topological polar surface area (TPSA) is 73.8 Å². The van der Waals surface area contributed by atoms with Gasteiger partial charge in [-0.15, -0.1) is 0 Å². The predicted octanol–water partition coefficient (Wildman–Crippen LogP) is 7.47. The van der Waals surface area contributed by atoms with Crippen molar-refractivity contribution in [2.24, 2.45) is 0 Å². The highest BCUT2D eigenvalue weighted by molar-refractivity contribution is 5.90. The standard InChI is InChI=1S/C37H48FN3O3/c1-36(2,3)31-17-25(18-32(34(31)42)37(4,5)6)11-14-26-9-7-8-10-33(26)40-35(43)39-28-19-29-22-44-23-30(20-28)41(29)21-24-12-15-27(38)16-13-24/h7-10,12-13,15-18,28-30,42H,11,14,19-23H2,1-6H3,(H2,39,40,43)/t28-,29-,30+. The molecule has 0 spiro atoms. The van der Waals surface area contributed by atoms with Gasteiger partial charge in [0.2, 0.25) is 0 Å². The molecule has 5 rings (SSSR count). The van der Waals surface area contributed by atoms with Crippen molar-refractivity contribution in [3.8, 4) is 5.75 Å². The number of piperidine rings is 1. The second kappa shape index (κ2) is 12.9. The Balaban J connectivity index is 1.23. The zero-order chi connectivity index (χ0) is 31.6. The van der Waals surface area contributed by atoms with Crippen molar-refractivity contribution in [1.82, 2.24) is 10.2 Å². The number of benzene rings is 3. The highest BCUT2D eigenvalue weighted by Gasteiger charge is 2.39. The number of amides is 2. The van der Waals surface area contributed by atoms with Crippen LogP contribution in [0.3, 0.4) is 0 Å². The molecule has 0 aromatic heterocycles. The third-order valence-corrected chi connectivity index (χ3v) is 9.02. The van der Waals surface area contributed by atoms with E-state index < -0.39 is 0 Å². The fourth-order valence-corrected chi connectivity index (χ4v) is 6.63. The number of rotatable bonds is 7. The van der Waals surface area contributed by atoms with Gasteiger partial charge >= 0.3 is 6.03 Å². The summed E-state index contributed by atoms with van der Waals surface area (Å²) in [6.07, 6.45) is 3.17. The molecule has 44 heavy (non-hydrogen) atoms. The number of carbonyl (C=O) groups excluding carboxylic acids is 1. The van der Waals surface area contributed by atoms with Gasteiger partial charge in [-0.25, -0.2) is 9.18 Å². The Morgan fingerprint density at radius 1 is 0.886 bits per heavy atom. The maximum Gasteiger partial charge on any atom is 0.319 e. The van der Waals surface area contributed by atoms with Gasteiger partial charge in [-0.3, -0.25) is 4.90 Å². The van der Waals surface area contributed by atoms with Crippen molar-refractivity contribution in [3.05, 3.63) is 94.3 Å².